The molecule has 0 spiro atoms. The topological polar surface area (TPSA) is 15.7 Å². The molecule has 2 saturated carbocycles. The Morgan fingerprint density at radius 3 is 2.35 bits per heavy atom. The maximum Gasteiger partial charge on any atom is 0.0715 e. The van der Waals surface area contributed by atoms with Gasteiger partial charge in [-0.1, -0.05) is 67.7 Å². The van der Waals surface area contributed by atoms with Crippen LogP contribution in [-0.4, -0.2) is 58.8 Å². The fourth-order valence-corrected chi connectivity index (χ4v) is 12.1. The van der Waals surface area contributed by atoms with Crippen molar-refractivity contribution in [1.82, 2.24) is 9.80 Å². The van der Waals surface area contributed by atoms with E-state index in [4.69, 9.17) is 4.74 Å². The maximum absolute atomic E-state index is 7.19. The zero-order chi connectivity index (χ0) is 28.2. The lowest BCUT2D eigenvalue weighted by molar-refractivity contribution is -0.125. The third-order valence-corrected chi connectivity index (χ3v) is 14.2. The molecule has 0 aromatic carbocycles. The summed E-state index contributed by atoms with van der Waals surface area (Å²) in [6, 6.07) is 3.14. The second kappa shape index (κ2) is 11.8. The lowest BCUT2D eigenvalue weighted by Gasteiger charge is -2.62. The Labute approximate surface area is 248 Å². The highest BCUT2D eigenvalue weighted by Crippen LogP contribution is 2.55. The van der Waals surface area contributed by atoms with E-state index in [1.54, 1.807) is 0 Å². The molecule has 0 N–H and O–H groups in total. The lowest BCUT2D eigenvalue weighted by Crippen LogP contribution is -2.69. The highest BCUT2D eigenvalue weighted by molar-refractivity contribution is 5.10. The number of ether oxygens (including phenoxy) is 1. The van der Waals surface area contributed by atoms with Gasteiger partial charge in [0.15, 0.2) is 0 Å². The summed E-state index contributed by atoms with van der Waals surface area (Å²) in [6.07, 6.45) is 21.3. The Morgan fingerprint density at radius 1 is 0.800 bits per heavy atom. The third kappa shape index (κ3) is 5.16. The van der Waals surface area contributed by atoms with Crippen molar-refractivity contribution in [2.45, 2.75) is 181 Å². The molecule has 6 rings (SSSR count). The van der Waals surface area contributed by atoms with Gasteiger partial charge in [0.25, 0.3) is 0 Å². The van der Waals surface area contributed by atoms with Crippen LogP contribution in [0.1, 0.15) is 145 Å². The second-order valence-electron chi connectivity index (χ2n) is 16.8. The Hall–Kier alpha value is -0.120. The summed E-state index contributed by atoms with van der Waals surface area (Å²) in [5.41, 5.74) is 0.723. The summed E-state index contributed by atoms with van der Waals surface area (Å²) in [5, 5.41) is 0. The third-order valence-electron chi connectivity index (χ3n) is 14.2. The van der Waals surface area contributed by atoms with Crippen molar-refractivity contribution < 1.29 is 4.74 Å². The molecule has 6 fully saturated rings. The van der Waals surface area contributed by atoms with Crippen molar-refractivity contribution in [1.29, 1.82) is 0 Å². The molecule has 12 atom stereocenters. The average molecular weight is 555 g/mol. The minimum atomic E-state index is 0.211. The molecule has 0 bridgehead atoms. The first-order chi connectivity index (χ1) is 19.2. The van der Waals surface area contributed by atoms with E-state index in [1.165, 1.54) is 109 Å². The van der Waals surface area contributed by atoms with Crippen LogP contribution in [0.15, 0.2) is 0 Å². The summed E-state index contributed by atoms with van der Waals surface area (Å²) in [5.74, 6) is 5.18. The standard InChI is InChI=1S/C37H66N2O/c1-8-27-30-13-11-12-19-37(30,10-3)40-34(27)15-14-32-26(5)18-22-39(32)35-29-24-36(6,7)20-16-28(29)33-23-25(4)17-21-38(33)31(35)9-2/h25-35H,8-24H2,1-7H3/t25?,26?,27?,28?,29?,30?,31?,32-,33?,34?,35?,37+/m1/s1. The number of nitrogens with zero attached hydrogens (tertiary/aromatic N) is 2. The predicted octanol–water partition coefficient (Wildman–Crippen LogP) is 8.94. The van der Waals surface area contributed by atoms with E-state index in [-0.39, 0.29) is 5.60 Å². The Kier molecular flexibility index (Phi) is 8.80. The molecule has 4 heterocycles. The van der Waals surface area contributed by atoms with E-state index >= 15 is 0 Å². The van der Waals surface area contributed by atoms with Gasteiger partial charge in [-0.2, -0.15) is 0 Å². The van der Waals surface area contributed by atoms with Crippen LogP contribution in [0.5, 0.6) is 0 Å². The van der Waals surface area contributed by atoms with Crippen LogP contribution in [0.3, 0.4) is 0 Å². The van der Waals surface area contributed by atoms with Gasteiger partial charge in [0.2, 0.25) is 0 Å². The van der Waals surface area contributed by atoms with Crippen molar-refractivity contribution in [3.63, 3.8) is 0 Å². The molecule has 230 valence electrons. The number of fused-ring (bicyclic) bond motifs is 4. The van der Waals surface area contributed by atoms with Crippen molar-refractivity contribution in [3.8, 4) is 0 Å². The van der Waals surface area contributed by atoms with E-state index in [9.17, 15) is 0 Å². The minimum absolute atomic E-state index is 0.211. The predicted molar refractivity (Wildman–Crippen MR) is 169 cm³/mol. The van der Waals surface area contributed by atoms with E-state index in [0.29, 0.717) is 11.5 Å². The van der Waals surface area contributed by atoms with E-state index in [1.807, 2.05) is 0 Å². The minimum Gasteiger partial charge on any atom is -0.371 e. The largest absolute Gasteiger partial charge is 0.371 e. The van der Waals surface area contributed by atoms with Crippen LogP contribution in [0.4, 0.5) is 0 Å². The highest BCUT2D eigenvalue weighted by Gasteiger charge is 2.57. The molecule has 3 heteroatoms. The van der Waals surface area contributed by atoms with Gasteiger partial charge in [-0.15, -0.1) is 0 Å². The molecular formula is C37H66N2O. The summed E-state index contributed by atoms with van der Waals surface area (Å²) in [6.45, 7) is 20.4. The molecule has 40 heavy (non-hydrogen) atoms. The quantitative estimate of drug-likeness (QED) is 0.312. The Balaban J connectivity index is 1.24. The first-order valence-corrected chi connectivity index (χ1v) is 18.4. The molecule has 0 radical (unpaired) electrons. The maximum atomic E-state index is 7.19. The van der Waals surface area contributed by atoms with Crippen molar-refractivity contribution >= 4 is 0 Å². The van der Waals surface area contributed by atoms with Crippen LogP contribution in [0.25, 0.3) is 0 Å². The molecule has 6 aliphatic rings. The average Bonchev–Trinajstić information content (AvgIpc) is 3.47. The molecule has 0 aromatic heterocycles. The SMILES string of the molecule is CCC1C(CC[C@@H]2C(C)CCN2C2C3CC(C)(C)CCC3C3CC(C)CCN3C2CC)O[C@@]2(CC)CCCCC12. The van der Waals surface area contributed by atoms with Gasteiger partial charge in [-0.05, 0) is 131 Å². The molecule has 0 aromatic rings. The number of likely N-dealkylation sites (tertiary alicyclic amines) is 1. The van der Waals surface area contributed by atoms with Crippen molar-refractivity contribution in [2.24, 2.45) is 40.9 Å². The molecule has 10 unspecified atom stereocenters. The van der Waals surface area contributed by atoms with Crippen molar-refractivity contribution in [2.75, 3.05) is 13.1 Å². The number of piperidine rings is 2. The van der Waals surface area contributed by atoms with Crippen LogP contribution in [0, 0.1) is 40.9 Å². The highest BCUT2D eigenvalue weighted by atomic mass is 16.5. The summed E-state index contributed by atoms with van der Waals surface area (Å²) >= 11 is 0. The van der Waals surface area contributed by atoms with Gasteiger partial charge in [0.05, 0.1) is 11.7 Å². The summed E-state index contributed by atoms with van der Waals surface area (Å²) in [7, 11) is 0. The zero-order valence-electron chi connectivity index (χ0n) is 27.7. The molecular weight excluding hydrogens is 488 g/mol. The smallest absolute Gasteiger partial charge is 0.0715 e. The summed E-state index contributed by atoms with van der Waals surface area (Å²) < 4.78 is 7.19. The fraction of sp³-hybridized carbons (Fsp3) is 1.00. The molecule has 4 aliphatic heterocycles. The monoisotopic (exact) mass is 555 g/mol. The number of hydrogen-bond acceptors (Lipinski definition) is 3. The first-order valence-electron chi connectivity index (χ1n) is 18.4. The zero-order valence-corrected chi connectivity index (χ0v) is 27.7. The van der Waals surface area contributed by atoms with Crippen LogP contribution in [0.2, 0.25) is 0 Å². The summed E-state index contributed by atoms with van der Waals surface area (Å²) in [4.78, 5) is 6.25. The molecule has 2 aliphatic carbocycles. The van der Waals surface area contributed by atoms with Crippen LogP contribution >= 0.6 is 0 Å². The fourth-order valence-electron chi connectivity index (χ4n) is 12.1. The van der Waals surface area contributed by atoms with E-state index < -0.39 is 0 Å². The van der Waals surface area contributed by atoms with Gasteiger partial charge >= 0.3 is 0 Å². The Morgan fingerprint density at radius 2 is 1.60 bits per heavy atom. The van der Waals surface area contributed by atoms with Gasteiger partial charge in [0, 0.05) is 24.2 Å². The van der Waals surface area contributed by atoms with Gasteiger partial charge < -0.3 is 4.74 Å². The van der Waals surface area contributed by atoms with Gasteiger partial charge in [-0.25, -0.2) is 0 Å². The van der Waals surface area contributed by atoms with Gasteiger partial charge in [-0.3, -0.25) is 9.80 Å². The first kappa shape index (κ1) is 29.9. The van der Waals surface area contributed by atoms with Crippen LogP contribution in [-0.2, 0) is 4.74 Å². The lowest BCUT2D eigenvalue weighted by atomic mass is 9.57. The van der Waals surface area contributed by atoms with Gasteiger partial charge in [0.1, 0.15) is 0 Å². The molecule has 0 amide bonds. The normalized spacial score (nSPS) is 49.4. The van der Waals surface area contributed by atoms with Crippen molar-refractivity contribution in [3.05, 3.63) is 0 Å². The van der Waals surface area contributed by atoms with E-state index in [2.05, 4.69) is 58.3 Å². The van der Waals surface area contributed by atoms with Crippen LogP contribution < -0.4 is 0 Å². The Bertz CT molecular complexity index is 857. The second-order valence-corrected chi connectivity index (χ2v) is 16.8. The molecule has 4 saturated heterocycles. The number of rotatable bonds is 7. The van der Waals surface area contributed by atoms with E-state index in [0.717, 1.165) is 59.7 Å². The number of hydrogen-bond donors (Lipinski definition) is 0. The molecule has 3 nitrogen and oxygen atoms in total.